The lowest BCUT2D eigenvalue weighted by Gasteiger charge is -2.08. The van der Waals surface area contributed by atoms with Gasteiger partial charge in [0.1, 0.15) is 0 Å². The molecule has 0 saturated heterocycles. The smallest absolute Gasteiger partial charge is 0.271 e. The number of carbonyl (C=O) groups is 1. The molecule has 5 nitrogen and oxygen atoms in total. The van der Waals surface area contributed by atoms with Gasteiger partial charge < -0.3 is 5.32 Å². The Morgan fingerprint density at radius 1 is 1.18 bits per heavy atom. The van der Waals surface area contributed by atoms with Gasteiger partial charge in [-0.25, -0.2) is 0 Å². The zero-order chi connectivity index (χ0) is 15.9. The van der Waals surface area contributed by atoms with Crippen LogP contribution >= 0.6 is 0 Å². The van der Waals surface area contributed by atoms with Gasteiger partial charge in [0, 0.05) is 18.6 Å². The normalized spacial score (nSPS) is 10.2. The summed E-state index contributed by atoms with van der Waals surface area (Å²) in [5.41, 5.74) is 2.48. The third kappa shape index (κ3) is 4.41. The molecule has 0 radical (unpaired) electrons. The minimum absolute atomic E-state index is 0.0230. The molecule has 0 spiro atoms. The first kappa shape index (κ1) is 15.7. The zero-order valence-corrected chi connectivity index (χ0v) is 12.4. The van der Waals surface area contributed by atoms with Gasteiger partial charge in [-0.1, -0.05) is 36.4 Å². The van der Waals surface area contributed by atoms with Gasteiger partial charge in [-0.2, -0.15) is 0 Å². The molecule has 5 heteroatoms. The SMILES string of the molecule is Cc1ccc([N+](=O)[O-])cc1NC(=O)CCCc1ccccc1. The van der Waals surface area contributed by atoms with Gasteiger partial charge >= 0.3 is 0 Å². The average Bonchev–Trinajstić information content (AvgIpc) is 2.50. The summed E-state index contributed by atoms with van der Waals surface area (Å²) in [6.07, 6.45) is 1.96. The van der Waals surface area contributed by atoms with Crippen molar-refractivity contribution in [2.24, 2.45) is 0 Å². The average molecular weight is 298 g/mol. The third-order valence-electron chi connectivity index (χ3n) is 3.42. The van der Waals surface area contributed by atoms with Crippen LogP contribution in [0.25, 0.3) is 0 Å². The van der Waals surface area contributed by atoms with Crippen LogP contribution in [0.1, 0.15) is 24.0 Å². The molecule has 2 rings (SSSR count). The molecule has 0 aliphatic heterocycles. The van der Waals surface area contributed by atoms with E-state index in [0.29, 0.717) is 12.1 Å². The number of anilines is 1. The highest BCUT2D eigenvalue weighted by Gasteiger charge is 2.10. The van der Waals surface area contributed by atoms with E-state index >= 15 is 0 Å². The molecule has 114 valence electrons. The van der Waals surface area contributed by atoms with Crippen LogP contribution in [0.5, 0.6) is 0 Å². The van der Waals surface area contributed by atoms with Gasteiger partial charge in [0.25, 0.3) is 5.69 Å². The molecular weight excluding hydrogens is 280 g/mol. The lowest BCUT2D eigenvalue weighted by Crippen LogP contribution is -2.12. The van der Waals surface area contributed by atoms with Crippen LogP contribution in [-0.2, 0) is 11.2 Å². The van der Waals surface area contributed by atoms with Crippen molar-refractivity contribution in [3.8, 4) is 0 Å². The van der Waals surface area contributed by atoms with E-state index < -0.39 is 4.92 Å². The number of amides is 1. The molecule has 0 aliphatic carbocycles. The Bertz CT molecular complexity index is 669. The van der Waals surface area contributed by atoms with Crippen molar-refractivity contribution < 1.29 is 9.72 Å². The lowest BCUT2D eigenvalue weighted by molar-refractivity contribution is -0.384. The zero-order valence-electron chi connectivity index (χ0n) is 12.4. The maximum atomic E-state index is 12.0. The summed E-state index contributed by atoms with van der Waals surface area (Å²) >= 11 is 0. The van der Waals surface area contributed by atoms with Gasteiger partial charge in [0.15, 0.2) is 0 Å². The standard InChI is InChI=1S/C17H18N2O3/c1-13-10-11-15(19(21)22)12-16(13)18-17(20)9-5-8-14-6-3-2-4-7-14/h2-4,6-7,10-12H,5,8-9H2,1H3,(H,18,20). The third-order valence-corrected chi connectivity index (χ3v) is 3.42. The molecule has 0 atom stereocenters. The number of carbonyl (C=O) groups excluding carboxylic acids is 1. The van der Waals surface area contributed by atoms with Crippen molar-refractivity contribution in [1.82, 2.24) is 0 Å². The molecule has 1 amide bonds. The van der Waals surface area contributed by atoms with Crippen LogP contribution in [0.3, 0.4) is 0 Å². The van der Waals surface area contributed by atoms with Crippen molar-refractivity contribution in [3.63, 3.8) is 0 Å². The van der Waals surface area contributed by atoms with Gasteiger partial charge in [-0.05, 0) is 30.9 Å². The maximum Gasteiger partial charge on any atom is 0.271 e. The summed E-state index contributed by atoms with van der Waals surface area (Å²) < 4.78 is 0. The number of rotatable bonds is 6. The first-order valence-electron chi connectivity index (χ1n) is 7.15. The number of nitro groups is 1. The highest BCUT2D eigenvalue weighted by molar-refractivity contribution is 5.91. The van der Waals surface area contributed by atoms with Gasteiger partial charge in [-0.3, -0.25) is 14.9 Å². The molecule has 0 fully saturated rings. The highest BCUT2D eigenvalue weighted by Crippen LogP contribution is 2.22. The number of hydrogen-bond donors (Lipinski definition) is 1. The van der Waals surface area contributed by atoms with E-state index in [1.165, 1.54) is 17.7 Å². The Balaban J connectivity index is 1.89. The van der Waals surface area contributed by atoms with E-state index in [4.69, 9.17) is 0 Å². The van der Waals surface area contributed by atoms with E-state index in [9.17, 15) is 14.9 Å². The van der Waals surface area contributed by atoms with Crippen LogP contribution in [0.2, 0.25) is 0 Å². The molecule has 0 saturated carbocycles. The monoisotopic (exact) mass is 298 g/mol. The largest absolute Gasteiger partial charge is 0.326 e. The quantitative estimate of drug-likeness (QED) is 0.650. The Labute approximate surface area is 129 Å². The summed E-state index contributed by atoms with van der Waals surface area (Å²) in [6.45, 7) is 1.81. The highest BCUT2D eigenvalue weighted by atomic mass is 16.6. The number of non-ortho nitro benzene ring substituents is 1. The fourth-order valence-electron chi connectivity index (χ4n) is 2.17. The molecule has 0 unspecified atom stereocenters. The first-order chi connectivity index (χ1) is 10.6. The topological polar surface area (TPSA) is 72.2 Å². The van der Waals surface area contributed by atoms with E-state index in [1.54, 1.807) is 6.07 Å². The minimum Gasteiger partial charge on any atom is -0.326 e. The van der Waals surface area contributed by atoms with E-state index in [0.717, 1.165) is 18.4 Å². The van der Waals surface area contributed by atoms with Crippen LogP contribution in [0.4, 0.5) is 11.4 Å². The summed E-state index contributed by atoms with van der Waals surface area (Å²) in [5.74, 6) is -0.125. The predicted octanol–water partition coefficient (Wildman–Crippen LogP) is 3.86. The summed E-state index contributed by atoms with van der Waals surface area (Å²) in [6, 6.07) is 14.4. The second-order valence-electron chi connectivity index (χ2n) is 5.14. The molecular formula is C17H18N2O3. The van der Waals surface area contributed by atoms with Crippen LogP contribution < -0.4 is 5.32 Å². The number of benzene rings is 2. The molecule has 0 bridgehead atoms. The Morgan fingerprint density at radius 3 is 2.59 bits per heavy atom. The van der Waals surface area contributed by atoms with Gasteiger partial charge in [-0.15, -0.1) is 0 Å². The van der Waals surface area contributed by atoms with Crippen LogP contribution in [0, 0.1) is 17.0 Å². The first-order valence-corrected chi connectivity index (χ1v) is 7.15. The van der Waals surface area contributed by atoms with E-state index in [2.05, 4.69) is 5.32 Å². The molecule has 2 aromatic rings. The predicted molar refractivity (Wildman–Crippen MR) is 85.8 cm³/mol. The number of hydrogen-bond acceptors (Lipinski definition) is 3. The fraction of sp³-hybridized carbons (Fsp3) is 0.235. The summed E-state index contributed by atoms with van der Waals surface area (Å²) in [4.78, 5) is 22.3. The summed E-state index contributed by atoms with van der Waals surface area (Å²) in [5, 5.41) is 13.5. The number of aryl methyl sites for hydroxylation is 2. The Kier molecular flexibility index (Phi) is 5.25. The minimum atomic E-state index is -0.468. The van der Waals surface area contributed by atoms with Gasteiger partial charge in [0.05, 0.1) is 10.6 Å². The van der Waals surface area contributed by atoms with Crippen molar-refractivity contribution >= 4 is 17.3 Å². The number of nitrogens with one attached hydrogen (secondary N) is 1. The Hall–Kier alpha value is -2.69. The van der Waals surface area contributed by atoms with Gasteiger partial charge in [0.2, 0.25) is 5.91 Å². The summed E-state index contributed by atoms with van der Waals surface area (Å²) in [7, 11) is 0. The lowest BCUT2D eigenvalue weighted by atomic mass is 10.1. The molecule has 0 aliphatic rings. The van der Waals surface area contributed by atoms with E-state index in [-0.39, 0.29) is 11.6 Å². The fourth-order valence-corrected chi connectivity index (χ4v) is 2.17. The van der Waals surface area contributed by atoms with Crippen molar-refractivity contribution in [3.05, 3.63) is 69.8 Å². The van der Waals surface area contributed by atoms with Crippen LogP contribution in [-0.4, -0.2) is 10.8 Å². The van der Waals surface area contributed by atoms with E-state index in [1.807, 2.05) is 37.3 Å². The van der Waals surface area contributed by atoms with Crippen molar-refractivity contribution in [2.45, 2.75) is 26.2 Å². The van der Waals surface area contributed by atoms with Crippen molar-refractivity contribution in [1.29, 1.82) is 0 Å². The molecule has 0 aromatic heterocycles. The van der Waals surface area contributed by atoms with Crippen molar-refractivity contribution in [2.75, 3.05) is 5.32 Å². The second-order valence-corrected chi connectivity index (χ2v) is 5.14. The molecule has 2 aromatic carbocycles. The maximum absolute atomic E-state index is 12.0. The number of nitro benzene ring substituents is 1. The Morgan fingerprint density at radius 2 is 1.91 bits per heavy atom. The number of nitrogens with zero attached hydrogens (tertiary/aromatic N) is 1. The second kappa shape index (κ2) is 7.36. The molecule has 1 N–H and O–H groups in total. The molecule has 22 heavy (non-hydrogen) atoms. The van der Waals surface area contributed by atoms with Crippen LogP contribution in [0.15, 0.2) is 48.5 Å². The molecule has 0 heterocycles.